The van der Waals surface area contributed by atoms with Gasteiger partial charge in [-0.2, -0.15) is 0 Å². The van der Waals surface area contributed by atoms with Crippen LogP contribution in [0.25, 0.3) is 0 Å². The summed E-state index contributed by atoms with van der Waals surface area (Å²) >= 11 is 0. The van der Waals surface area contributed by atoms with Gasteiger partial charge in [-0.05, 0) is 6.42 Å². The largest absolute Gasteiger partial charge is 0.378 e. The molecule has 0 N–H and O–H groups in total. The van der Waals surface area contributed by atoms with Crippen LogP contribution in [0.5, 0.6) is 0 Å². The van der Waals surface area contributed by atoms with Crippen LogP contribution in [0.15, 0.2) is 12.3 Å². The van der Waals surface area contributed by atoms with Crippen LogP contribution < -0.4 is 0 Å². The number of nitrogens with zero attached hydrogens (tertiary/aromatic N) is 3. The monoisotopic (exact) mass is 325 g/mol. The van der Waals surface area contributed by atoms with Crippen LogP contribution in [0, 0.1) is 11.6 Å². The number of hydrogen-bond acceptors (Lipinski definition) is 4. The minimum Gasteiger partial charge on any atom is -0.378 e. The molecule has 0 unspecified atom stereocenters. The molecule has 0 aliphatic carbocycles. The Morgan fingerprint density at radius 2 is 2.22 bits per heavy atom. The zero-order chi connectivity index (χ0) is 16.4. The molecule has 5 nitrogen and oxygen atoms in total. The van der Waals surface area contributed by atoms with Crippen molar-refractivity contribution >= 4 is 5.91 Å². The first-order valence-electron chi connectivity index (χ1n) is 8.04. The molecule has 0 spiro atoms. The molecule has 0 saturated carbocycles. The van der Waals surface area contributed by atoms with Gasteiger partial charge in [-0.1, -0.05) is 13.3 Å². The average Bonchev–Trinajstić information content (AvgIpc) is 2.54. The van der Waals surface area contributed by atoms with E-state index < -0.39 is 17.5 Å². The first-order chi connectivity index (χ1) is 11.1. The molecule has 2 aliphatic heterocycles. The van der Waals surface area contributed by atoms with E-state index in [9.17, 15) is 13.6 Å². The van der Waals surface area contributed by atoms with Crippen molar-refractivity contribution in [3.8, 4) is 0 Å². The maximum atomic E-state index is 13.8. The average molecular weight is 325 g/mol. The van der Waals surface area contributed by atoms with E-state index in [1.165, 1.54) is 0 Å². The van der Waals surface area contributed by atoms with E-state index in [0.29, 0.717) is 31.8 Å². The number of ether oxygens (including phenoxy) is 1. The van der Waals surface area contributed by atoms with Crippen LogP contribution in [-0.4, -0.2) is 65.6 Å². The molecule has 0 bridgehead atoms. The quantitative estimate of drug-likeness (QED) is 0.848. The number of aromatic nitrogens is 1. The highest BCUT2D eigenvalue weighted by atomic mass is 19.1. The third-order valence-corrected chi connectivity index (χ3v) is 4.54. The number of carbonyl (C=O) groups is 1. The first-order valence-corrected chi connectivity index (χ1v) is 8.04. The maximum Gasteiger partial charge on any atom is 0.275 e. The molecular weight excluding hydrogens is 304 g/mol. The lowest BCUT2D eigenvalue weighted by molar-refractivity contribution is -0.0777. The van der Waals surface area contributed by atoms with E-state index in [1.807, 2.05) is 0 Å². The zero-order valence-electron chi connectivity index (χ0n) is 13.2. The second-order valence-corrected chi connectivity index (χ2v) is 6.11. The lowest BCUT2D eigenvalue weighted by atomic mass is 10.0. The molecule has 3 rings (SSSR count). The molecule has 23 heavy (non-hydrogen) atoms. The van der Waals surface area contributed by atoms with Crippen LogP contribution in [0.2, 0.25) is 0 Å². The van der Waals surface area contributed by atoms with Crippen molar-refractivity contribution < 1.29 is 18.3 Å². The van der Waals surface area contributed by atoms with Gasteiger partial charge >= 0.3 is 0 Å². The third kappa shape index (κ3) is 3.35. The summed E-state index contributed by atoms with van der Waals surface area (Å²) in [5.41, 5.74) is -0.318. The van der Waals surface area contributed by atoms with Gasteiger partial charge in [0.1, 0.15) is 5.82 Å². The van der Waals surface area contributed by atoms with E-state index in [1.54, 1.807) is 4.90 Å². The fraction of sp³-hybridized carbons (Fsp3) is 0.625. The van der Waals surface area contributed by atoms with Crippen molar-refractivity contribution in [3.05, 3.63) is 29.6 Å². The Morgan fingerprint density at radius 3 is 2.96 bits per heavy atom. The fourth-order valence-electron chi connectivity index (χ4n) is 3.42. The summed E-state index contributed by atoms with van der Waals surface area (Å²) in [6, 6.07) is 1.20. The SMILES string of the molecule is CCC[C@H]1COC[C@H]2CN(C(=O)c3ncc(F)cc3F)CCN12. The lowest BCUT2D eigenvalue weighted by Gasteiger charge is -2.47. The number of halogens is 2. The highest BCUT2D eigenvalue weighted by Crippen LogP contribution is 2.22. The van der Waals surface area contributed by atoms with Crippen LogP contribution in [0.3, 0.4) is 0 Å². The number of amides is 1. The van der Waals surface area contributed by atoms with Crippen molar-refractivity contribution in [1.29, 1.82) is 0 Å². The van der Waals surface area contributed by atoms with Crippen molar-refractivity contribution in [3.63, 3.8) is 0 Å². The van der Waals surface area contributed by atoms with E-state index in [0.717, 1.165) is 32.2 Å². The second kappa shape index (κ2) is 6.88. The Labute approximate surface area is 134 Å². The van der Waals surface area contributed by atoms with E-state index in [-0.39, 0.29) is 11.7 Å². The Bertz CT molecular complexity index is 582. The van der Waals surface area contributed by atoms with Crippen molar-refractivity contribution in [2.45, 2.75) is 31.8 Å². The minimum absolute atomic E-state index is 0.126. The molecule has 2 fully saturated rings. The molecule has 7 heteroatoms. The van der Waals surface area contributed by atoms with Gasteiger partial charge < -0.3 is 9.64 Å². The molecule has 1 aromatic rings. The topological polar surface area (TPSA) is 45.7 Å². The van der Waals surface area contributed by atoms with Crippen molar-refractivity contribution in [2.24, 2.45) is 0 Å². The fourth-order valence-corrected chi connectivity index (χ4v) is 3.42. The summed E-state index contributed by atoms with van der Waals surface area (Å²) < 4.78 is 32.4. The number of hydrogen-bond donors (Lipinski definition) is 0. The first kappa shape index (κ1) is 16.3. The summed E-state index contributed by atoms with van der Waals surface area (Å²) in [7, 11) is 0. The van der Waals surface area contributed by atoms with Gasteiger partial charge in [-0.25, -0.2) is 13.8 Å². The van der Waals surface area contributed by atoms with E-state index in [2.05, 4.69) is 16.8 Å². The van der Waals surface area contributed by atoms with Crippen molar-refractivity contribution in [1.82, 2.24) is 14.8 Å². The molecule has 2 saturated heterocycles. The lowest BCUT2D eigenvalue weighted by Crippen LogP contribution is -2.62. The Morgan fingerprint density at radius 1 is 1.39 bits per heavy atom. The van der Waals surface area contributed by atoms with Crippen LogP contribution >= 0.6 is 0 Å². The summed E-state index contributed by atoms with van der Waals surface area (Å²) in [5, 5.41) is 0. The standard InChI is InChI=1S/C16H21F2N3O2/c1-2-3-12-9-23-10-13-8-20(4-5-21(12)13)16(22)15-14(18)6-11(17)7-19-15/h6-7,12-13H,2-5,8-10H2,1H3/t12-,13+/m0/s1. The van der Waals surface area contributed by atoms with Gasteiger partial charge in [0.15, 0.2) is 11.5 Å². The van der Waals surface area contributed by atoms with Gasteiger partial charge in [0, 0.05) is 31.7 Å². The van der Waals surface area contributed by atoms with Gasteiger partial charge in [0.25, 0.3) is 5.91 Å². The molecule has 2 aliphatic rings. The van der Waals surface area contributed by atoms with Gasteiger partial charge in [0.05, 0.1) is 25.5 Å². The zero-order valence-corrected chi connectivity index (χ0v) is 13.2. The van der Waals surface area contributed by atoms with Gasteiger partial charge in [-0.15, -0.1) is 0 Å². The predicted molar refractivity (Wildman–Crippen MR) is 80.1 cm³/mol. The maximum absolute atomic E-state index is 13.8. The molecule has 1 amide bonds. The smallest absolute Gasteiger partial charge is 0.275 e. The Balaban J connectivity index is 1.70. The Kier molecular flexibility index (Phi) is 4.87. The number of pyridine rings is 1. The molecule has 0 radical (unpaired) electrons. The number of morpholine rings is 1. The molecule has 1 aromatic heterocycles. The summed E-state index contributed by atoms with van der Waals surface area (Å²) in [6.45, 7) is 5.20. The number of fused-ring (bicyclic) bond motifs is 1. The molecular formula is C16H21F2N3O2. The molecule has 0 aromatic carbocycles. The highest BCUT2D eigenvalue weighted by molar-refractivity contribution is 5.92. The van der Waals surface area contributed by atoms with Gasteiger partial charge in [-0.3, -0.25) is 9.69 Å². The number of carbonyl (C=O) groups excluding carboxylic acids is 1. The Hall–Kier alpha value is -1.60. The second-order valence-electron chi connectivity index (χ2n) is 6.11. The predicted octanol–water partition coefficient (Wildman–Crippen LogP) is 1.69. The molecule has 3 heterocycles. The van der Waals surface area contributed by atoms with E-state index >= 15 is 0 Å². The summed E-state index contributed by atoms with van der Waals surface area (Å²) in [6.07, 6.45) is 3.02. The van der Waals surface area contributed by atoms with Crippen LogP contribution in [-0.2, 0) is 4.74 Å². The van der Waals surface area contributed by atoms with E-state index in [4.69, 9.17) is 4.74 Å². The minimum atomic E-state index is -0.916. The highest BCUT2D eigenvalue weighted by Gasteiger charge is 2.37. The summed E-state index contributed by atoms with van der Waals surface area (Å²) in [5.74, 6) is -2.19. The molecule has 126 valence electrons. The number of piperazine rings is 1. The molecule has 2 atom stereocenters. The third-order valence-electron chi connectivity index (χ3n) is 4.54. The summed E-state index contributed by atoms with van der Waals surface area (Å²) in [4.78, 5) is 20.1. The van der Waals surface area contributed by atoms with Gasteiger partial charge in [0.2, 0.25) is 0 Å². The van der Waals surface area contributed by atoms with Crippen LogP contribution in [0.4, 0.5) is 8.78 Å². The van der Waals surface area contributed by atoms with Crippen molar-refractivity contribution in [2.75, 3.05) is 32.8 Å². The number of rotatable bonds is 3. The normalized spacial score (nSPS) is 25.3. The van der Waals surface area contributed by atoms with Crippen LogP contribution in [0.1, 0.15) is 30.3 Å².